The largest absolute Gasteiger partial charge is 0.454 e. The predicted octanol–water partition coefficient (Wildman–Crippen LogP) is -2.65. The molecule has 2 rings (SSSR count). The number of carbonyl (C=O) groups excluding carboxylic acids is 1. The highest BCUT2D eigenvalue weighted by molar-refractivity contribution is 5.78. The normalized spacial score (nSPS) is 52.2. The number of hydrogen-bond donors (Lipinski definition) is 3. The molecular weight excluding hydrogens is 168 g/mol. The summed E-state index contributed by atoms with van der Waals surface area (Å²) in [6.07, 6.45) is -5.94. The Balaban J connectivity index is 2.19. The Morgan fingerprint density at radius 3 is 2.42 bits per heavy atom. The van der Waals surface area contributed by atoms with Gasteiger partial charge in [0, 0.05) is 0 Å². The molecular formula is C6H8O6. The molecule has 0 spiro atoms. The maximum Gasteiger partial charge on any atom is 0.338 e. The van der Waals surface area contributed by atoms with Crippen molar-refractivity contribution < 1.29 is 29.6 Å². The number of aliphatic hydroxyl groups is 3. The number of hydrogen-bond acceptors (Lipinski definition) is 6. The van der Waals surface area contributed by atoms with E-state index in [2.05, 4.69) is 9.47 Å². The van der Waals surface area contributed by atoms with Gasteiger partial charge >= 0.3 is 5.97 Å². The molecule has 0 unspecified atom stereocenters. The summed E-state index contributed by atoms with van der Waals surface area (Å²) in [5, 5.41) is 27.2. The second-order valence-electron chi connectivity index (χ2n) is 2.83. The van der Waals surface area contributed by atoms with Crippen molar-refractivity contribution in [3.05, 3.63) is 0 Å². The highest BCUT2D eigenvalue weighted by Gasteiger charge is 2.56. The highest BCUT2D eigenvalue weighted by Crippen LogP contribution is 2.30. The summed E-state index contributed by atoms with van der Waals surface area (Å²) >= 11 is 0. The van der Waals surface area contributed by atoms with Gasteiger partial charge in [-0.1, -0.05) is 0 Å². The summed E-state index contributed by atoms with van der Waals surface area (Å²) < 4.78 is 9.25. The van der Waals surface area contributed by atoms with E-state index in [0.717, 1.165) is 0 Å². The molecule has 2 aliphatic heterocycles. The lowest BCUT2D eigenvalue weighted by Gasteiger charge is -2.10. The maximum absolute atomic E-state index is 10.7. The standard InChI is InChI=1S/C6H8O6/c7-1-3-4(12-5(1)9)2(8)6(10)11-3/h1-5,7-9H/t1-,2-,3+,4+,5+/m0/s1. The Morgan fingerprint density at radius 1 is 1.17 bits per heavy atom. The second-order valence-corrected chi connectivity index (χ2v) is 2.83. The second kappa shape index (κ2) is 2.40. The summed E-state index contributed by atoms with van der Waals surface area (Å²) in [5.41, 5.74) is 0. The number of carbonyl (C=O) groups is 1. The molecule has 68 valence electrons. The van der Waals surface area contributed by atoms with Crippen molar-refractivity contribution in [3.8, 4) is 0 Å². The Hall–Kier alpha value is -0.690. The summed E-state index contributed by atoms with van der Waals surface area (Å²) in [4.78, 5) is 10.7. The lowest BCUT2D eigenvalue weighted by Crippen LogP contribution is -2.32. The zero-order valence-electron chi connectivity index (χ0n) is 5.95. The fourth-order valence-corrected chi connectivity index (χ4v) is 1.40. The molecule has 0 aromatic carbocycles. The number of ether oxygens (including phenoxy) is 2. The maximum atomic E-state index is 10.7. The van der Waals surface area contributed by atoms with E-state index >= 15 is 0 Å². The van der Waals surface area contributed by atoms with Crippen molar-refractivity contribution in [2.24, 2.45) is 0 Å². The molecule has 0 saturated carbocycles. The van der Waals surface area contributed by atoms with Crippen molar-refractivity contribution in [2.45, 2.75) is 30.7 Å². The average molecular weight is 176 g/mol. The topological polar surface area (TPSA) is 96.2 Å². The van der Waals surface area contributed by atoms with E-state index in [9.17, 15) is 4.79 Å². The summed E-state index contributed by atoms with van der Waals surface area (Å²) in [6.45, 7) is 0. The predicted molar refractivity (Wildman–Crippen MR) is 32.8 cm³/mol. The van der Waals surface area contributed by atoms with Crippen LogP contribution in [0.2, 0.25) is 0 Å². The van der Waals surface area contributed by atoms with E-state index in [4.69, 9.17) is 15.3 Å². The third-order valence-corrected chi connectivity index (χ3v) is 2.05. The van der Waals surface area contributed by atoms with E-state index in [1.54, 1.807) is 0 Å². The first kappa shape index (κ1) is 7.93. The number of esters is 1. The molecule has 2 fully saturated rings. The molecule has 0 aromatic heterocycles. The van der Waals surface area contributed by atoms with Gasteiger partial charge in [0.25, 0.3) is 0 Å². The Bertz CT molecular complexity index is 216. The molecule has 3 N–H and O–H groups in total. The first-order valence-corrected chi connectivity index (χ1v) is 3.51. The molecule has 0 radical (unpaired) electrons. The smallest absolute Gasteiger partial charge is 0.338 e. The van der Waals surface area contributed by atoms with Crippen molar-refractivity contribution >= 4 is 5.97 Å². The number of aliphatic hydroxyl groups excluding tert-OH is 3. The van der Waals surface area contributed by atoms with Crippen molar-refractivity contribution in [1.82, 2.24) is 0 Å². The van der Waals surface area contributed by atoms with Crippen LogP contribution in [-0.2, 0) is 14.3 Å². The van der Waals surface area contributed by atoms with Crippen molar-refractivity contribution in [3.63, 3.8) is 0 Å². The van der Waals surface area contributed by atoms with Crippen LogP contribution in [0.15, 0.2) is 0 Å². The highest BCUT2D eigenvalue weighted by atomic mass is 16.7. The van der Waals surface area contributed by atoms with Crippen LogP contribution in [0.25, 0.3) is 0 Å². The summed E-state index contributed by atoms with van der Waals surface area (Å²) in [7, 11) is 0. The van der Waals surface area contributed by atoms with Crippen molar-refractivity contribution in [2.75, 3.05) is 0 Å². The minimum Gasteiger partial charge on any atom is -0.454 e. The molecule has 2 saturated heterocycles. The number of rotatable bonds is 0. The number of fused-ring (bicyclic) bond motifs is 1. The molecule has 5 atom stereocenters. The minimum absolute atomic E-state index is 0.823. The molecule has 6 heteroatoms. The van der Waals surface area contributed by atoms with Crippen LogP contribution in [0.4, 0.5) is 0 Å². The Kier molecular flexibility index (Phi) is 1.58. The van der Waals surface area contributed by atoms with E-state index in [1.807, 2.05) is 0 Å². The van der Waals surface area contributed by atoms with Crippen LogP contribution in [0.1, 0.15) is 0 Å². The van der Waals surface area contributed by atoms with Gasteiger partial charge in [-0.3, -0.25) is 0 Å². The Labute approximate surface area is 67.3 Å². The first-order valence-electron chi connectivity index (χ1n) is 3.51. The van der Waals surface area contributed by atoms with Gasteiger partial charge in [0.05, 0.1) is 0 Å². The van der Waals surface area contributed by atoms with Gasteiger partial charge in [-0.15, -0.1) is 0 Å². The van der Waals surface area contributed by atoms with Crippen LogP contribution in [0.5, 0.6) is 0 Å². The summed E-state index contributed by atoms with van der Waals surface area (Å²) in [6, 6.07) is 0. The van der Waals surface area contributed by atoms with Gasteiger partial charge in [-0.25, -0.2) is 4.79 Å². The monoisotopic (exact) mass is 176 g/mol. The SMILES string of the molecule is O=C1O[C@@H]2[C@H](O)[C@H](O)O[C@@H]2[C@@H]1O. The lowest BCUT2D eigenvalue weighted by atomic mass is 10.1. The van der Waals surface area contributed by atoms with E-state index < -0.39 is 36.7 Å². The lowest BCUT2D eigenvalue weighted by molar-refractivity contribution is -0.168. The quantitative estimate of drug-likeness (QED) is 0.349. The fourth-order valence-electron chi connectivity index (χ4n) is 1.40. The molecule has 0 aliphatic carbocycles. The molecule has 6 nitrogen and oxygen atoms in total. The minimum atomic E-state index is -1.40. The van der Waals surface area contributed by atoms with Crippen LogP contribution in [0, 0.1) is 0 Å². The van der Waals surface area contributed by atoms with Crippen LogP contribution in [-0.4, -0.2) is 52.0 Å². The van der Waals surface area contributed by atoms with Gasteiger partial charge in [0.1, 0.15) is 12.2 Å². The van der Waals surface area contributed by atoms with Crippen LogP contribution in [0.3, 0.4) is 0 Å². The molecule has 12 heavy (non-hydrogen) atoms. The fraction of sp³-hybridized carbons (Fsp3) is 0.833. The molecule has 0 bridgehead atoms. The molecule has 0 aromatic rings. The van der Waals surface area contributed by atoms with Crippen LogP contribution < -0.4 is 0 Å². The van der Waals surface area contributed by atoms with Gasteiger partial charge in [-0.05, 0) is 0 Å². The van der Waals surface area contributed by atoms with E-state index in [0.29, 0.717) is 0 Å². The van der Waals surface area contributed by atoms with E-state index in [1.165, 1.54) is 0 Å². The third-order valence-electron chi connectivity index (χ3n) is 2.05. The van der Waals surface area contributed by atoms with E-state index in [-0.39, 0.29) is 0 Å². The Morgan fingerprint density at radius 2 is 1.83 bits per heavy atom. The average Bonchev–Trinajstić information content (AvgIpc) is 2.43. The summed E-state index contributed by atoms with van der Waals surface area (Å²) in [5.74, 6) is -0.823. The molecule has 2 aliphatic rings. The molecule has 2 heterocycles. The van der Waals surface area contributed by atoms with Gasteiger partial charge in [0.2, 0.25) is 0 Å². The molecule has 0 amide bonds. The zero-order chi connectivity index (χ0) is 8.88. The van der Waals surface area contributed by atoms with Gasteiger partial charge < -0.3 is 24.8 Å². The van der Waals surface area contributed by atoms with Gasteiger partial charge in [0.15, 0.2) is 18.5 Å². The first-order chi connectivity index (χ1) is 5.61. The zero-order valence-corrected chi connectivity index (χ0v) is 5.95. The van der Waals surface area contributed by atoms with Gasteiger partial charge in [-0.2, -0.15) is 0 Å². The third kappa shape index (κ3) is 0.862. The van der Waals surface area contributed by atoms with Crippen molar-refractivity contribution in [1.29, 1.82) is 0 Å². The van der Waals surface area contributed by atoms with Crippen LogP contribution >= 0.6 is 0 Å².